The van der Waals surface area contributed by atoms with Crippen LogP contribution < -0.4 is 0 Å². The smallest absolute Gasteiger partial charge is 0.369 e. The fourth-order valence-corrected chi connectivity index (χ4v) is 4.93. The third-order valence-corrected chi connectivity index (χ3v) is 7.01. The lowest BCUT2D eigenvalue weighted by molar-refractivity contribution is -0.376. The predicted molar refractivity (Wildman–Crippen MR) is 88.2 cm³/mol. The van der Waals surface area contributed by atoms with Gasteiger partial charge in [-0.15, -0.1) is 22.7 Å². The number of hydrogen-bond donors (Lipinski definition) is 2. The Labute approximate surface area is 178 Å². The van der Waals surface area contributed by atoms with Crippen LogP contribution in [0.15, 0.2) is 23.6 Å². The summed E-state index contributed by atoms with van der Waals surface area (Å²) in [6.45, 7) is 1.10. The van der Waals surface area contributed by atoms with Crippen molar-refractivity contribution in [2.45, 2.75) is 48.7 Å². The zero-order valence-electron chi connectivity index (χ0n) is 15.1. The van der Waals surface area contributed by atoms with Crippen LogP contribution in [-0.4, -0.2) is 34.9 Å². The molecule has 0 aliphatic carbocycles. The predicted octanol–water partition coefficient (Wildman–Crippen LogP) is 6.59. The molecule has 0 bridgehead atoms. The number of alkyl halides is 12. The molecule has 32 heavy (non-hydrogen) atoms. The molecule has 1 unspecified atom stereocenters. The molecule has 16 heteroatoms. The van der Waals surface area contributed by atoms with Gasteiger partial charge in [0.2, 0.25) is 0 Å². The van der Waals surface area contributed by atoms with E-state index in [-0.39, 0.29) is 32.4 Å². The Bertz CT molecular complexity index is 844. The van der Waals surface area contributed by atoms with Crippen LogP contribution in [0.4, 0.5) is 52.7 Å². The van der Waals surface area contributed by atoms with E-state index in [9.17, 15) is 62.9 Å². The van der Waals surface area contributed by atoms with Gasteiger partial charge in [0.1, 0.15) is 0 Å². The Hall–Kier alpha value is -1.52. The number of hydrogen-bond acceptors (Lipinski definition) is 4. The van der Waals surface area contributed by atoms with E-state index in [0.717, 1.165) is 13.0 Å². The first kappa shape index (κ1) is 26.7. The summed E-state index contributed by atoms with van der Waals surface area (Å²) in [5.74, 6) is -1.26. The van der Waals surface area contributed by atoms with Crippen molar-refractivity contribution in [3.8, 4) is 0 Å². The van der Waals surface area contributed by atoms with Gasteiger partial charge < -0.3 is 10.2 Å². The molecule has 0 amide bonds. The van der Waals surface area contributed by atoms with Crippen LogP contribution in [-0.2, 0) is 11.2 Å². The van der Waals surface area contributed by atoms with E-state index in [2.05, 4.69) is 0 Å². The maximum atomic E-state index is 13.0. The van der Waals surface area contributed by atoms with Gasteiger partial charge in [0.05, 0.1) is 4.88 Å². The molecule has 0 aliphatic rings. The number of halogens is 12. The quantitative estimate of drug-likeness (QED) is 0.442. The topological polar surface area (TPSA) is 40.5 Å². The molecule has 1 atom stereocenters. The van der Waals surface area contributed by atoms with E-state index in [1.165, 1.54) is 0 Å². The number of rotatable bonds is 4. The Morgan fingerprint density at radius 3 is 1.53 bits per heavy atom. The molecule has 0 radical (unpaired) electrons. The first-order valence-electron chi connectivity index (χ1n) is 7.99. The fraction of sp³-hybridized carbons (Fsp3) is 0.500. The minimum absolute atomic E-state index is 0.166. The van der Waals surface area contributed by atoms with Gasteiger partial charge in [-0.25, -0.2) is 0 Å². The monoisotopic (exact) mass is 526 g/mol. The Balaban J connectivity index is 2.49. The van der Waals surface area contributed by atoms with E-state index in [0.29, 0.717) is 17.5 Å². The second kappa shape index (κ2) is 7.77. The Kier molecular flexibility index (Phi) is 6.49. The van der Waals surface area contributed by atoms with E-state index in [1.54, 1.807) is 0 Å². The molecule has 2 aromatic heterocycles. The van der Waals surface area contributed by atoms with Crippen molar-refractivity contribution in [2.75, 3.05) is 0 Å². The molecule has 0 saturated heterocycles. The average Bonchev–Trinajstić information content (AvgIpc) is 3.25. The van der Waals surface area contributed by atoms with Crippen molar-refractivity contribution in [3.63, 3.8) is 0 Å². The molecule has 0 aromatic carbocycles. The van der Waals surface area contributed by atoms with Gasteiger partial charge in [-0.2, -0.15) is 52.7 Å². The highest BCUT2D eigenvalue weighted by Crippen LogP contribution is 2.54. The summed E-state index contributed by atoms with van der Waals surface area (Å²) in [5.41, 5.74) is -12.1. The van der Waals surface area contributed by atoms with Gasteiger partial charge in [0.15, 0.2) is 0 Å². The molecule has 0 saturated carbocycles. The minimum Gasteiger partial charge on any atom is -0.369 e. The molecule has 2 aromatic rings. The summed E-state index contributed by atoms with van der Waals surface area (Å²) < 4.78 is 156. The molecule has 182 valence electrons. The van der Waals surface area contributed by atoms with Gasteiger partial charge in [-0.3, -0.25) is 0 Å². The zero-order valence-corrected chi connectivity index (χ0v) is 16.8. The van der Waals surface area contributed by atoms with Crippen molar-refractivity contribution in [2.24, 2.45) is 0 Å². The first-order valence-corrected chi connectivity index (χ1v) is 9.69. The van der Waals surface area contributed by atoms with Crippen LogP contribution in [0.3, 0.4) is 0 Å². The van der Waals surface area contributed by atoms with Crippen molar-refractivity contribution in [1.29, 1.82) is 0 Å². The third kappa shape index (κ3) is 4.09. The molecular weight excluding hydrogens is 516 g/mol. The van der Waals surface area contributed by atoms with Gasteiger partial charge in [-0.1, -0.05) is 6.92 Å². The molecule has 2 rings (SSSR count). The fourth-order valence-electron chi connectivity index (χ4n) is 2.62. The van der Waals surface area contributed by atoms with Crippen molar-refractivity contribution in [1.82, 2.24) is 0 Å². The molecule has 0 aliphatic heterocycles. The third-order valence-electron chi connectivity index (χ3n) is 4.52. The summed E-state index contributed by atoms with van der Waals surface area (Å²) >= 11 is 0.113. The van der Waals surface area contributed by atoms with Gasteiger partial charge in [0.25, 0.3) is 11.2 Å². The van der Waals surface area contributed by atoms with Crippen LogP contribution >= 0.6 is 22.7 Å². The largest absolute Gasteiger partial charge is 0.431 e. The standard InChI is InChI=1S/C16H10F12O2S2/c1-6(8-2-3-10(32-8)12(30,15(23,24)25)16(26,27)28)9-4-7(5-31-9)11(29,13(17,18)19)14(20,21)22/h2-6,29-30H,1H3. The molecular formula is C16H10F12O2S2. The zero-order chi connectivity index (χ0) is 25.1. The summed E-state index contributed by atoms with van der Waals surface area (Å²) in [4.78, 5) is -2.22. The summed E-state index contributed by atoms with van der Waals surface area (Å²) in [6.07, 6.45) is -24.7. The van der Waals surface area contributed by atoms with Crippen molar-refractivity contribution >= 4 is 22.7 Å². The second-order valence-corrected chi connectivity index (χ2v) is 8.63. The van der Waals surface area contributed by atoms with Gasteiger partial charge >= 0.3 is 24.7 Å². The molecule has 2 N–H and O–H groups in total. The van der Waals surface area contributed by atoms with Crippen LogP contribution in [0.25, 0.3) is 0 Å². The lowest BCUT2D eigenvalue weighted by atomic mass is 9.93. The summed E-state index contributed by atoms with van der Waals surface area (Å²) in [5, 5.41) is 19.1. The highest BCUT2D eigenvalue weighted by atomic mass is 32.1. The molecule has 0 spiro atoms. The SMILES string of the molecule is CC(c1cc(C(O)(C(F)(F)F)C(F)(F)F)cs1)c1ccc(C(O)(C(F)(F)F)C(F)(F)F)s1. The van der Waals surface area contributed by atoms with Gasteiger partial charge in [-0.05, 0) is 23.6 Å². The van der Waals surface area contributed by atoms with E-state index in [4.69, 9.17) is 0 Å². The van der Waals surface area contributed by atoms with E-state index in [1.807, 2.05) is 0 Å². The average molecular weight is 526 g/mol. The first-order chi connectivity index (χ1) is 14.1. The summed E-state index contributed by atoms with van der Waals surface area (Å²) in [7, 11) is 0. The van der Waals surface area contributed by atoms with E-state index < -0.39 is 52.3 Å². The number of aliphatic hydroxyl groups is 2. The number of thiophene rings is 2. The van der Waals surface area contributed by atoms with Crippen LogP contribution in [0, 0.1) is 0 Å². The highest BCUT2D eigenvalue weighted by Gasteiger charge is 2.73. The summed E-state index contributed by atoms with van der Waals surface area (Å²) in [6, 6.07) is 1.36. The lowest BCUT2D eigenvalue weighted by Crippen LogP contribution is -2.53. The second-order valence-electron chi connectivity index (χ2n) is 6.57. The normalized spacial score (nSPS) is 15.8. The maximum Gasteiger partial charge on any atom is 0.431 e. The van der Waals surface area contributed by atoms with Crippen LogP contribution in [0.2, 0.25) is 0 Å². The van der Waals surface area contributed by atoms with Gasteiger partial charge in [0, 0.05) is 21.2 Å². The van der Waals surface area contributed by atoms with Crippen LogP contribution in [0.1, 0.15) is 33.0 Å². The highest BCUT2D eigenvalue weighted by molar-refractivity contribution is 7.13. The lowest BCUT2D eigenvalue weighted by Gasteiger charge is -2.31. The molecule has 2 nitrogen and oxygen atoms in total. The molecule has 0 fully saturated rings. The van der Waals surface area contributed by atoms with Crippen LogP contribution in [0.5, 0.6) is 0 Å². The Morgan fingerprint density at radius 2 is 1.12 bits per heavy atom. The van der Waals surface area contributed by atoms with Crippen molar-refractivity contribution < 1.29 is 62.9 Å². The maximum absolute atomic E-state index is 13.0. The van der Waals surface area contributed by atoms with E-state index >= 15 is 0 Å². The molecule has 2 heterocycles. The minimum atomic E-state index is -6.17. The van der Waals surface area contributed by atoms with Crippen molar-refractivity contribution in [3.05, 3.63) is 43.8 Å². The Morgan fingerprint density at radius 1 is 0.688 bits per heavy atom.